The molecule has 0 bridgehead atoms. The number of nitrogens with one attached hydrogen (secondary N) is 1. The van der Waals surface area contributed by atoms with Gasteiger partial charge in [0.2, 0.25) is 0 Å². The van der Waals surface area contributed by atoms with Crippen LogP contribution in [0.15, 0.2) is 84.1 Å². The van der Waals surface area contributed by atoms with Crippen LogP contribution in [0.2, 0.25) is 0 Å². The molecule has 4 aromatic rings. The average molecular weight is 412 g/mol. The number of non-ortho nitro benzene ring substituents is 1. The highest BCUT2D eigenvalue weighted by atomic mass is 16.6. The number of hydrogen-bond donors (Lipinski definition) is 1. The third-order valence-corrected chi connectivity index (χ3v) is 5.13. The number of aromatic nitrogens is 1. The maximum atomic E-state index is 12.3. The van der Waals surface area contributed by atoms with E-state index in [0.29, 0.717) is 5.56 Å². The zero-order chi connectivity index (χ0) is 21.8. The van der Waals surface area contributed by atoms with Crippen molar-refractivity contribution in [3.8, 4) is 0 Å². The monoisotopic (exact) mass is 412 g/mol. The number of aryl methyl sites for hydroxylation is 1. The summed E-state index contributed by atoms with van der Waals surface area (Å²) in [6.45, 7) is 2.83. The Morgan fingerprint density at radius 1 is 1.06 bits per heavy atom. The molecule has 31 heavy (non-hydrogen) atoms. The van der Waals surface area contributed by atoms with Crippen molar-refractivity contribution in [2.24, 2.45) is 5.10 Å². The molecule has 1 aromatic heterocycles. The first-order chi connectivity index (χ1) is 15.0. The molecule has 3 aromatic carbocycles. The van der Waals surface area contributed by atoms with Crippen LogP contribution in [0.25, 0.3) is 10.9 Å². The van der Waals surface area contributed by atoms with Crippen molar-refractivity contribution < 1.29 is 9.72 Å². The van der Waals surface area contributed by atoms with Gasteiger partial charge in [0.1, 0.15) is 0 Å². The van der Waals surface area contributed by atoms with Gasteiger partial charge in [-0.05, 0) is 36.2 Å². The van der Waals surface area contributed by atoms with E-state index >= 15 is 0 Å². The molecule has 0 spiro atoms. The van der Waals surface area contributed by atoms with Gasteiger partial charge in [-0.25, -0.2) is 5.43 Å². The second kappa shape index (κ2) is 8.62. The first-order valence-corrected chi connectivity index (χ1v) is 9.73. The molecule has 1 amide bonds. The van der Waals surface area contributed by atoms with Crippen LogP contribution in [0.4, 0.5) is 5.69 Å². The van der Waals surface area contributed by atoms with E-state index in [2.05, 4.69) is 40.2 Å². The quantitative estimate of drug-likeness (QED) is 0.283. The lowest BCUT2D eigenvalue weighted by atomic mass is 10.1. The van der Waals surface area contributed by atoms with Gasteiger partial charge in [-0.3, -0.25) is 14.9 Å². The molecule has 0 saturated carbocycles. The molecule has 1 N–H and O–H groups in total. The molecule has 4 rings (SSSR count). The summed E-state index contributed by atoms with van der Waals surface area (Å²) >= 11 is 0. The second-order valence-electron chi connectivity index (χ2n) is 7.16. The number of amides is 1. The minimum Gasteiger partial charge on any atom is -0.342 e. The molecule has 7 nitrogen and oxygen atoms in total. The number of para-hydroxylation sites is 1. The highest BCUT2D eigenvalue weighted by Crippen LogP contribution is 2.22. The van der Waals surface area contributed by atoms with E-state index in [1.54, 1.807) is 6.21 Å². The molecule has 0 radical (unpaired) electrons. The van der Waals surface area contributed by atoms with Gasteiger partial charge in [0.05, 0.1) is 11.1 Å². The number of hydrazone groups is 1. The predicted molar refractivity (Wildman–Crippen MR) is 120 cm³/mol. The third kappa shape index (κ3) is 4.35. The topological polar surface area (TPSA) is 89.5 Å². The number of nitro groups is 1. The van der Waals surface area contributed by atoms with Crippen molar-refractivity contribution >= 4 is 28.7 Å². The van der Waals surface area contributed by atoms with Crippen molar-refractivity contribution in [1.29, 1.82) is 0 Å². The number of carbonyl (C=O) groups is 1. The number of nitro benzene ring substituents is 1. The maximum absolute atomic E-state index is 12.3. The van der Waals surface area contributed by atoms with Gasteiger partial charge in [0, 0.05) is 46.9 Å². The summed E-state index contributed by atoms with van der Waals surface area (Å²) in [5.74, 6) is -0.435. The molecule has 0 saturated heterocycles. The molecule has 7 heteroatoms. The van der Waals surface area contributed by atoms with Crippen LogP contribution in [-0.4, -0.2) is 21.6 Å². The van der Waals surface area contributed by atoms with Gasteiger partial charge < -0.3 is 4.57 Å². The minimum atomic E-state index is -0.507. The zero-order valence-electron chi connectivity index (χ0n) is 16.9. The fourth-order valence-corrected chi connectivity index (χ4v) is 3.44. The summed E-state index contributed by atoms with van der Waals surface area (Å²) in [6.07, 6.45) is 3.62. The molecule has 0 aliphatic carbocycles. The van der Waals surface area contributed by atoms with Gasteiger partial charge in [0.25, 0.3) is 11.6 Å². The standard InChI is InChI=1S/C24H20N4O3/c1-17-6-2-3-7-19(17)15-27-16-20(22-8-4-5-9-23(22)27)14-25-26-24(29)18-10-12-21(13-11-18)28(30)31/h2-14,16H,15H2,1H3,(H,26,29)/b25-14-. The molecule has 0 aliphatic rings. The van der Waals surface area contributed by atoms with Crippen molar-refractivity contribution in [3.05, 3.63) is 111 Å². The number of fused-ring (bicyclic) bond motifs is 1. The lowest BCUT2D eigenvalue weighted by molar-refractivity contribution is -0.384. The smallest absolute Gasteiger partial charge is 0.271 e. The second-order valence-corrected chi connectivity index (χ2v) is 7.16. The van der Waals surface area contributed by atoms with Crippen molar-refractivity contribution in [3.63, 3.8) is 0 Å². The molecular formula is C24H20N4O3. The Hall–Kier alpha value is -4.26. The van der Waals surface area contributed by atoms with Gasteiger partial charge in [-0.2, -0.15) is 5.10 Å². The Morgan fingerprint density at radius 2 is 1.77 bits per heavy atom. The maximum Gasteiger partial charge on any atom is 0.271 e. The first-order valence-electron chi connectivity index (χ1n) is 9.73. The van der Waals surface area contributed by atoms with E-state index in [-0.39, 0.29) is 5.69 Å². The van der Waals surface area contributed by atoms with Crippen molar-refractivity contribution in [2.45, 2.75) is 13.5 Å². The van der Waals surface area contributed by atoms with Crippen molar-refractivity contribution in [2.75, 3.05) is 0 Å². The van der Waals surface area contributed by atoms with Gasteiger partial charge in [-0.15, -0.1) is 0 Å². The van der Waals surface area contributed by atoms with Crippen LogP contribution in [0.1, 0.15) is 27.0 Å². The molecule has 0 aliphatic heterocycles. The largest absolute Gasteiger partial charge is 0.342 e. The summed E-state index contributed by atoms with van der Waals surface area (Å²) in [5.41, 5.74) is 7.13. The third-order valence-electron chi connectivity index (χ3n) is 5.13. The Bertz CT molecular complexity index is 1290. The highest BCUT2D eigenvalue weighted by molar-refractivity contribution is 6.00. The molecule has 154 valence electrons. The summed E-state index contributed by atoms with van der Waals surface area (Å²) in [5, 5.41) is 15.9. The van der Waals surface area contributed by atoms with Gasteiger partial charge in [0.15, 0.2) is 0 Å². The lowest BCUT2D eigenvalue weighted by Crippen LogP contribution is -2.17. The molecule has 0 atom stereocenters. The number of hydrogen-bond acceptors (Lipinski definition) is 4. The van der Waals surface area contributed by atoms with E-state index in [1.165, 1.54) is 35.4 Å². The number of carbonyl (C=O) groups excluding carboxylic acids is 1. The Balaban J connectivity index is 1.54. The minimum absolute atomic E-state index is 0.0680. The summed E-state index contributed by atoms with van der Waals surface area (Å²) in [6, 6.07) is 21.7. The molecule has 0 fully saturated rings. The van der Waals surface area contributed by atoms with Crippen molar-refractivity contribution in [1.82, 2.24) is 9.99 Å². The SMILES string of the molecule is Cc1ccccc1Cn1cc(/C=N\NC(=O)c2ccc([N+](=O)[O-])cc2)c2ccccc21. The van der Waals surface area contributed by atoms with E-state index in [1.807, 2.05) is 36.5 Å². The van der Waals surface area contributed by atoms with Crippen LogP contribution in [-0.2, 0) is 6.54 Å². The Morgan fingerprint density at radius 3 is 2.52 bits per heavy atom. The van der Waals surface area contributed by atoms with E-state index in [9.17, 15) is 14.9 Å². The van der Waals surface area contributed by atoms with Crippen LogP contribution in [0.3, 0.4) is 0 Å². The zero-order valence-corrected chi connectivity index (χ0v) is 16.9. The summed E-state index contributed by atoms with van der Waals surface area (Å²) in [4.78, 5) is 22.5. The fraction of sp³-hybridized carbons (Fsp3) is 0.0833. The van der Waals surface area contributed by atoms with E-state index in [0.717, 1.165) is 23.0 Å². The van der Waals surface area contributed by atoms with Crippen LogP contribution in [0.5, 0.6) is 0 Å². The first kappa shape index (κ1) is 20.0. The Kier molecular flexibility index (Phi) is 5.57. The summed E-state index contributed by atoms with van der Waals surface area (Å²) < 4.78 is 2.16. The summed E-state index contributed by atoms with van der Waals surface area (Å²) in [7, 11) is 0. The molecule has 0 unspecified atom stereocenters. The number of benzene rings is 3. The van der Waals surface area contributed by atoms with E-state index in [4.69, 9.17) is 0 Å². The normalized spacial score (nSPS) is 11.1. The lowest BCUT2D eigenvalue weighted by Gasteiger charge is -2.08. The van der Waals surface area contributed by atoms with E-state index < -0.39 is 10.8 Å². The molecular weight excluding hydrogens is 392 g/mol. The van der Waals surface area contributed by atoms with Crippen LogP contribution < -0.4 is 5.43 Å². The number of rotatable bonds is 6. The Labute approximate surface area is 178 Å². The fourth-order valence-electron chi connectivity index (χ4n) is 3.44. The van der Waals surface area contributed by atoms with Gasteiger partial charge in [-0.1, -0.05) is 42.5 Å². The number of nitrogens with zero attached hydrogens (tertiary/aromatic N) is 3. The average Bonchev–Trinajstić information content (AvgIpc) is 3.13. The highest BCUT2D eigenvalue weighted by Gasteiger charge is 2.10. The predicted octanol–water partition coefficient (Wildman–Crippen LogP) is 4.67. The van der Waals surface area contributed by atoms with Crippen LogP contribution >= 0.6 is 0 Å². The molecule has 1 heterocycles. The van der Waals surface area contributed by atoms with Crippen LogP contribution in [0, 0.1) is 17.0 Å². The van der Waals surface area contributed by atoms with Gasteiger partial charge >= 0.3 is 0 Å².